The van der Waals surface area contributed by atoms with Crippen LogP contribution in [0.1, 0.15) is 38.3 Å². The second-order valence-electron chi connectivity index (χ2n) is 6.66. The molecule has 2 fully saturated rings. The zero-order valence-corrected chi connectivity index (χ0v) is 14.8. The van der Waals surface area contributed by atoms with E-state index in [1.165, 1.54) is 5.56 Å². The van der Waals surface area contributed by atoms with Gasteiger partial charge in [0.15, 0.2) is 0 Å². The van der Waals surface area contributed by atoms with Crippen LogP contribution in [0.2, 0.25) is 0 Å². The molecule has 6 heteroatoms. The van der Waals surface area contributed by atoms with E-state index in [-0.39, 0.29) is 24.3 Å². The minimum Gasteiger partial charge on any atom is -0.373 e. The second-order valence-corrected chi connectivity index (χ2v) is 7.44. The Morgan fingerprint density at radius 1 is 1.39 bits per heavy atom. The van der Waals surface area contributed by atoms with Gasteiger partial charge in [-0.15, -0.1) is 0 Å². The molecule has 0 bridgehead atoms. The minimum atomic E-state index is 0.0769. The lowest BCUT2D eigenvalue weighted by atomic mass is 10.1. The number of carbonyl (C=O) groups is 1. The summed E-state index contributed by atoms with van der Waals surface area (Å²) < 4.78 is 5.74. The van der Waals surface area contributed by atoms with Crippen molar-refractivity contribution in [2.45, 2.75) is 44.9 Å². The van der Waals surface area contributed by atoms with E-state index in [4.69, 9.17) is 4.74 Å². The molecule has 3 rings (SSSR count). The Morgan fingerprint density at radius 2 is 2.17 bits per heavy atom. The maximum atomic E-state index is 12.5. The van der Waals surface area contributed by atoms with Crippen LogP contribution in [-0.2, 0) is 4.74 Å². The number of nitrogens with one attached hydrogen (secondary N) is 1. The Hall–Kier alpha value is -1.11. The van der Waals surface area contributed by atoms with Crippen LogP contribution in [0.5, 0.6) is 0 Å². The second kappa shape index (κ2) is 7.64. The number of carbonyl (C=O) groups excluding carboxylic acids is 1. The molecule has 3 atom stereocenters. The first-order valence-electron chi connectivity index (χ1n) is 8.58. The van der Waals surface area contributed by atoms with Gasteiger partial charge in [-0.2, -0.15) is 11.3 Å². The quantitative estimate of drug-likeness (QED) is 0.919. The van der Waals surface area contributed by atoms with Crippen LogP contribution in [0.4, 0.5) is 4.79 Å². The fraction of sp³-hybridized carbons (Fsp3) is 0.706. The van der Waals surface area contributed by atoms with Gasteiger partial charge in [-0.1, -0.05) is 0 Å². The van der Waals surface area contributed by atoms with Crippen molar-refractivity contribution in [1.82, 2.24) is 15.1 Å². The maximum absolute atomic E-state index is 12.5. The molecular formula is C17H27N3O2S. The number of likely N-dealkylation sites (tertiary alicyclic amines) is 1. The van der Waals surface area contributed by atoms with Crippen molar-refractivity contribution in [1.29, 1.82) is 0 Å². The molecule has 128 valence electrons. The lowest BCUT2D eigenvalue weighted by Crippen LogP contribution is -2.49. The van der Waals surface area contributed by atoms with Crippen molar-refractivity contribution < 1.29 is 9.53 Å². The molecule has 23 heavy (non-hydrogen) atoms. The Bertz CT molecular complexity index is 498. The van der Waals surface area contributed by atoms with Crippen molar-refractivity contribution >= 4 is 17.4 Å². The molecule has 2 amide bonds. The van der Waals surface area contributed by atoms with Crippen LogP contribution in [0.3, 0.4) is 0 Å². The number of ether oxygens (including phenoxy) is 1. The predicted molar refractivity (Wildman–Crippen MR) is 92.8 cm³/mol. The average Bonchev–Trinajstić information content (AvgIpc) is 3.17. The van der Waals surface area contributed by atoms with Gasteiger partial charge in [-0.05, 0) is 49.1 Å². The first-order valence-corrected chi connectivity index (χ1v) is 9.52. The molecule has 0 unspecified atom stereocenters. The third kappa shape index (κ3) is 4.25. The van der Waals surface area contributed by atoms with E-state index in [9.17, 15) is 4.79 Å². The van der Waals surface area contributed by atoms with E-state index in [0.29, 0.717) is 6.54 Å². The highest BCUT2D eigenvalue weighted by Gasteiger charge is 2.30. The molecular weight excluding hydrogens is 310 g/mol. The van der Waals surface area contributed by atoms with Crippen molar-refractivity contribution in [2.24, 2.45) is 0 Å². The van der Waals surface area contributed by atoms with Gasteiger partial charge in [-0.25, -0.2) is 4.79 Å². The number of amides is 2. The van der Waals surface area contributed by atoms with Crippen LogP contribution < -0.4 is 5.32 Å². The Balaban J connectivity index is 1.46. The third-order valence-electron chi connectivity index (χ3n) is 4.64. The van der Waals surface area contributed by atoms with Gasteiger partial charge in [0.05, 0.1) is 18.2 Å². The minimum absolute atomic E-state index is 0.0769. The predicted octanol–water partition coefficient (Wildman–Crippen LogP) is 2.70. The number of thiophene rings is 1. The first kappa shape index (κ1) is 16.7. The zero-order valence-electron chi connectivity index (χ0n) is 14.0. The molecule has 0 spiro atoms. The standard InChI is InChI=1S/C17H27N3O2S/c1-13-10-19(11-14(2)22-13)8-6-18-17(21)20-7-3-4-16(20)15-5-9-23-12-15/h5,9,12-14,16H,3-4,6-8,10-11H2,1-2H3,(H,18,21)/t13-,14-,16+/m1/s1. The van der Waals surface area contributed by atoms with Gasteiger partial charge in [0.25, 0.3) is 0 Å². The largest absolute Gasteiger partial charge is 0.373 e. The fourth-order valence-corrected chi connectivity index (χ4v) is 4.42. The topological polar surface area (TPSA) is 44.8 Å². The summed E-state index contributed by atoms with van der Waals surface area (Å²) in [5.74, 6) is 0. The fourth-order valence-electron chi connectivity index (χ4n) is 3.71. The molecule has 1 aromatic heterocycles. The Labute approximate surface area is 142 Å². The van der Waals surface area contributed by atoms with Gasteiger partial charge < -0.3 is 15.0 Å². The molecule has 0 radical (unpaired) electrons. The monoisotopic (exact) mass is 337 g/mol. The van der Waals surface area contributed by atoms with Crippen LogP contribution in [-0.4, -0.2) is 60.8 Å². The highest BCUT2D eigenvalue weighted by molar-refractivity contribution is 7.07. The molecule has 2 aliphatic heterocycles. The number of hydrogen-bond acceptors (Lipinski definition) is 4. The Kier molecular flexibility index (Phi) is 5.56. The van der Waals surface area contributed by atoms with Gasteiger partial charge in [0.1, 0.15) is 0 Å². The smallest absolute Gasteiger partial charge is 0.317 e. The normalized spacial score (nSPS) is 29.0. The third-order valence-corrected chi connectivity index (χ3v) is 5.34. The lowest BCUT2D eigenvalue weighted by Gasteiger charge is -2.35. The van der Waals surface area contributed by atoms with Crippen LogP contribution >= 0.6 is 11.3 Å². The first-order chi connectivity index (χ1) is 11.1. The summed E-state index contributed by atoms with van der Waals surface area (Å²) in [7, 11) is 0. The van der Waals surface area contributed by atoms with Crippen molar-refractivity contribution in [3.8, 4) is 0 Å². The number of urea groups is 1. The van der Waals surface area contributed by atoms with Crippen molar-refractivity contribution in [3.63, 3.8) is 0 Å². The van der Waals surface area contributed by atoms with Crippen LogP contribution in [0.15, 0.2) is 16.8 Å². The number of hydrogen-bond donors (Lipinski definition) is 1. The van der Waals surface area contributed by atoms with Gasteiger partial charge in [0, 0.05) is 32.7 Å². The summed E-state index contributed by atoms with van der Waals surface area (Å²) in [6.45, 7) is 8.56. The molecule has 5 nitrogen and oxygen atoms in total. The average molecular weight is 337 g/mol. The van der Waals surface area contributed by atoms with E-state index in [2.05, 4.69) is 40.9 Å². The molecule has 0 aliphatic carbocycles. The lowest BCUT2D eigenvalue weighted by molar-refractivity contribution is -0.0672. The highest BCUT2D eigenvalue weighted by Crippen LogP contribution is 2.32. The SMILES string of the molecule is C[C@@H]1CN(CCNC(=O)N2CCC[C@H]2c2ccsc2)C[C@@H](C)O1. The number of morpholine rings is 1. The van der Waals surface area contributed by atoms with Gasteiger partial charge in [-0.3, -0.25) is 4.90 Å². The molecule has 2 saturated heterocycles. The van der Waals surface area contributed by atoms with E-state index in [0.717, 1.165) is 39.0 Å². The summed E-state index contributed by atoms with van der Waals surface area (Å²) in [5, 5.41) is 7.35. The van der Waals surface area contributed by atoms with Crippen LogP contribution in [0, 0.1) is 0 Å². The molecule has 1 N–H and O–H groups in total. The van der Waals surface area contributed by atoms with Gasteiger partial charge >= 0.3 is 6.03 Å². The van der Waals surface area contributed by atoms with E-state index < -0.39 is 0 Å². The maximum Gasteiger partial charge on any atom is 0.317 e. The highest BCUT2D eigenvalue weighted by atomic mass is 32.1. The van der Waals surface area contributed by atoms with Gasteiger partial charge in [0.2, 0.25) is 0 Å². The number of rotatable bonds is 4. The van der Waals surface area contributed by atoms with E-state index >= 15 is 0 Å². The molecule has 0 saturated carbocycles. The summed E-state index contributed by atoms with van der Waals surface area (Å²) in [4.78, 5) is 16.9. The molecule has 0 aromatic carbocycles. The van der Waals surface area contributed by atoms with E-state index in [1.807, 2.05) is 4.90 Å². The van der Waals surface area contributed by atoms with E-state index in [1.54, 1.807) is 11.3 Å². The summed E-state index contributed by atoms with van der Waals surface area (Å²) >= 11 is 1.70. The van der Waals surface area contributed by atoms with Crippen LogP contribution in [0.25, 0.3) is 0 Å². The van der Waals surface area contributed by atoms with Crippen molar-refractivity contribution in [2.75, 3.05) is 32.7 Å². The summed E-state index contributed by atoms with van der Waals surface area (Å²) in [6, 6.07) is 2.47. The summed E-state index contributed by atoms with van der Waals surface area (Å²) in [5.41, 5.74) is 1.28. The zero-order chi connectivity index (χ0) is 16.2. The molecule has 3 heterocycles. The Morgan fingerprint density at radius 3 is 2.87 bits per heavy atom. The summed E-state index contributed by atoms with van der Waals surface area (Å²) in [6.07, 6.45) is 2.71. The molecule has 1 aromatic rings. The molecule has 2 aliphatic rings. The number of nitrogens with zero attached hydrogens (tertiary/aromatic N) is 2. The van der Waals surface area contributed by atoms with Crippen molar-refractivity contribution in [3.05, 3.63) is 22.4 Å².